The quantitative estimate of drug-likeness (QED) is 0.797. The third kappa shape index (κ3) is 4.01. The Morgan fingerprint density at radius 1 is 1.53 bits per heavy atom. The van der Waals surface area contributed by atoms with Crippen LogP contribution in [0.5, 0.6) is 0 Å². The number of hydrogen-bond acceptors (Lipinski definition) is 5. The predicted octanol–water partition coefficient (Wildman–Crippen LogP) is 0.539. The summed E-state index contributed by atoms with van der Waals surface area (Å²) in [6.07, 6.45) is -0.123. The average molecular weight is 286 g/mol. The average Bonchev–Trinajstić information content (AvgIpc) is 2.38. The first-order chi connectivity index (χ1) is 8.90. The van der Waals surface area contributed by atoms with Gasteiger partial charge in [0.25, 0.3) is 0 Å². The Hall–Kier alpha value is -1.98. The number of ether oxygens (including phenoxy) is 1. The van der Waals surface area contributed by atoms with Crippen LogP contribution >= 0.6 is 0 Å². The van der Waals surface area contributed by atoms with Crippen LogP contribution in [0.2, 0.25) is 0 Å². The van der Waals surface area contributed by atoms with Crippen LogP contribution in [0, 0.1) is 17.1 Å². The van der Waals surface area contributed by atoms with Gasteiger partial charge in [-0.15, -0.1) is 0 Å². The second-order valence-electron chi connectivity index (χ2n) is 3.48. The van der Waals surface area contributed by atoms with Crippen molar-refractivity contribution in [2.24, 2.45) is 0 Å². The fraction of sp³-hybridized carbons (Fsp3) is 0.273. The van der Waals surface area contributed by atoms with Crippen molar-refractivity contribution >= 4 is 16.0 Å². The molecule has 0 bridgehead atoms. The summed E-state index contributed by atoms with van der Waals surface area (Å²) in [6, 6.07) is 4.41. The minimum Gasteiger partial charge on any atom is -0.469 e. The van der Waals surface area contributed by atoms with E-state index in [1.165, 1.54) is 7.11 Å². The first-order valence-electron chi connectivity index (χ1n) is 5.17. The van der Waals surface area contributed by atoms with Gasteiger partial charge in [0.05, 0.1) is 24.0 Å². The smallest absolute Gasteiger partial charge is 0.306 e. The molecule has 0 amide bonds. The summed E-state index contributed by atoms with van der Waals surface area (Å²) in [7, 11) is -2.70. The molecule has 1 rings (SSSR count). The van der Waals surface area contributed by atoms with Gasteiger partial charge < -0.3 is 4.74 Å². The third-order valence-corrected chi connectivity index (χ3v) is 3.68. The number of nitrogens with zero attached hydrogens (tertiary/aromatic N) is 1. The van der Waals surface area contributed by atoms with Crippen molar-refractivity contribution in [2.45, 2.75) is 11.3 Å². The van der Waals surface area contributed by atoms with E-state index in [4.69, 9.17) is 5.26 Å². The number of carbonyl (C=O) groups excluding carboxylic acids is 1. The SMILES string of the molecule is COC(=O)CCNS(=O)(=O)c1ccc(F)c(C#N)c1. The minimum absolute atomic E-state index is 0.123. The summed E-state index contributed by atoms with van der Waals surface area (Å²) in [5, 5.41) is 8.62. The molecule has 0 aromatic heterocycles. The number of nitriles is 1. The Kier molecular flexibility index (Phi) is 4.97. The van der Waals surface area contributed by atoms with E-state index < -0.39 is 21.8 Å². The van der Waals surface area contributed by atoms with Gasteiger partial charge in [0.1, 0.15) is 11.9 Å². The van der Waals surface area contributed by atoms with E-state index in [-0.39, 0.29) is 23.4 Å². The van der Waals surface area contributed by atoms with Crippen molar-refractivity contribution in [1.29, 1.82) is 5.26 Å². The molecule has 0 aliphatic rings. The normalized spacial score (nSPS) is 10.8. The lowest BCUT2D eigenvalue weighted by Crippen LogP contribution is -2.26. The zero-order valence-corrected chi connectivity index (χ0v) is 10.8. The summed E-state index contributed by atoms with van der Waals surface area (Å²) >= 11 is 0. The lowest BCUT2D eigenvalue weighted by molar-refractivity contribution is -0.140. The van der Waals surface area contributed by atoms with Crippen LogP contribution in [0.1, 0.15) is 12.0 Å². The molecule has 1 aromatic carbocycles. The number of esters is 1. The number of methoxy groups -OCH3 is 1. The Morgan fingerprint density at radius 2 is 2.21 bits per heavy atom. The summed E-state index contributed by atoms with van der Waals surface area (Å²) in [5.74, 6) is -1.35. The highest BCUT2D eigenvalue weighted by Gasteiger charge is 2.16. The monoisotopic (exact) mass is 286 g/mol. The standard InChI is InChI=1S/C11H11FN2O4S/c1-18-11(15)4-5-14-19(16,17)9-2-3-10(12)8(6-9)7-13/h2-3,6,14H,4-5H2,1H3. The number of benzene rings is 1. The van der Waals surface area contributed by atoms with E-state index in [1.54, 1.807) is 6.07 Å². The van der Waals surface area contributed by atoms with Gasteiger partial charge in [0.15, 0.2) is 0 Å². The second kappa shape index (κ2) is 6.26. The largest absolute Gasteiger partial charge is 0.469 e. The van der Waals surface area contributed by atoms with Gasteiger partial charge in [0.2, 0.25) is 10.0 Å². The molecule has 0 unspecified atom stereocenters. The number of carbonyl (C=O) groups is 1. The van der Waals surface area contributed by atoms with E-state index in [9.17, 15) is 17.6 Å². The van der Waals surface area contributed by atoms with E-state index in [0.29, 0.717) is 0 Å². The van der Waals surface area contributed by atoms with Crippen molar-refractivity contribution in [3.05, 3.63) is 29.6 Å². The molecule has 19 heavy (non-hydrogen) atoms. The number of halogens is 1. The van der Waals surface area contributed by atoms with Crippen LogP contribution in [0.4, 0.5) is 4.39 Å². The molecule has 0 spiro atoms. The summed E-state index contributed by atoms with van der Waals surface area (Å²) in [5.41, 5.74) is -0.365. The van der Waals surface area contributed by atoms with Crippen LogP contribution in [-0.4, -0.2) is 28.0 Å². The lowest BCUT2D eigenvalue weighted by atomic mass is 10.2. The molecule has 0 radical (unpaired) electrons. The van der Waals surface area contributed by atoms with Crippen LogP contribution < -0.4 is 4.72 Å². The number of hydrogen-bond donors (Lipinski definition) is 1. The fourth-order valence-corrected chi connectivity index (χ4v) is 2.29. The highest BCUT2D eigenvalue weighted by atomic mass is 32.2. The summed E-state index contributed by atoms with van der Waals surface area (Å²) in [6.45, 7) is -0.145. The molecule has 1 N–H and O–H groups in total. The summed E-state index contributed by atoms with van der Waals surface area (Å²) < 4.78 is 43.1. The van der Waals surface area contributed by atoms with Crippen molar-refractivity contribution < 1.29 is 22.3 Å². The highest BCUT2D eigenvalue weighted by Crippen LogP contribution is 2.14. The Labute approximate surface area is 109 Å². The highest BCUT2D eigenvalue weighted by molar-refractivity contribution is 7.89. The zero-order valence-electron chi connectivity index (χ0n) is 10.0. The van der Waals surface area contributed by atoms with Crippen molar-refractivity contribution in [3.63, 3.8) is 0 Å². The minimum atomic E-state index is -3.89. The second-order valence-corrected chi connectivity index (χ2v) is 5.24. The van der Waals surface area contributed by atoms with Crippen molar-refractivity contribution in [3.8, 4) is 6.07 Å². The topological polar surface area (TPSA) is 96.3 Å². The molecule has 0 heterocycles. The number of nitrogens with one attached hydrogen (secondary N) is 1. The first kappa shape index (κ1) is 15.1. The van der Waals surface area contributed by atoms with E-state index in [0.717, 1.165) is 18.2 Å². The molecule has 0 saturated heterocycles. The van der Waals surface area contributed by atoms with Crippen LogP contribution in [0.3, 0.4) is 0 Å². The lowest BCUT2D eigenvalue weighted by Gasteiger charge is -2.06. The maximum Gasteiger partial charge on any atom is 0.306 e. The van der Waals surface area contributed by atoms with Gasteiger partial charge in [0, 0.05) is 6.54 Å². The molecule has 0 aliphatic carbocycles. The molecule has 6 nitrogen and oxygen atoms in total. The van der Waals surface area contributed by atoms with E-state index >= 15 is 0 Å². The number of rotatable bonds is 5. The van der Waals surface area contributed by atoms with Gasteiger partial charge in [-0.05, 0) is 18.2 Å². The van der Waals surface area contributed by atoms with Gasteiger partial charge in [-0.3, -0.25) is 4.79 Å². The Bertz CT molecular complexity index is 622. The molecule has 0 atom stereocenters. The van der Waals surface area contributed by atoms with Crippen LogP contribution in [0.25, 0.3) is 0 Å². The molecule has 0 saturated carbocycles. The third-order valence-electron chi connectivity index (χ3n) is 2.22. The van der Waals surface area contributed by atoms with E-state index in [2.05, 4.69) is 9.46 Å². The first-order valence-corrected chi connectivity index (χ1v) is 6.65. The fourth-order valence-electron chi connectivity index (χ4n) is 1.23. The van der Waals surface area contributed by atoms with Crippen molar-refractivity contribution in [2.75, 3.05) is 13.7 Å². The van der Waals surface area contributed by atoms with Gasteiger partial charge in [-0.2, -0.15) is 5.26 Å². The molecule has 102 valence electrons. The Balaban J connectivity index is 2.84. The number of sulfonamides is 1. The van der Waals surface area contributed by atoms with E-state index in [1.807, 2.05) is 0 Å². The maximum atomic E-state index is 13.1. The summed E-state index contributed by atoms with van der Waals surface area (Å²) in [4.78, 5) is 10.6. The van der Waals surface area contributed by atoms with Gasteiger partial charge >= 0.3 is 5.97 Å². The molecular weight excluding hydrogens is 275 g/mol. The predicted molar refractivity (Wildman–Crippen MR) is 62.9 cm³/mol. The molecular formula is C11H11FN2O4S. The van der Waals surface area contributed by atoms with Gasteiger partial charge in [-0.1, -0.05) is 0 Å². The zero-order chi connectivity index (χ0) is 14.5. The Morgan fingerprint density at radius 3 is 2.79 bits per heavy atom. The molecule has 0 aliphatic heterocycles. The van der Waals surface area contributed by atoms with Crippen molar-refractivity contribution in [1.82, 2.24) is 4.72 Å². The molecule has 8 heteroatoms. The van der Waals surface area contributed by atoms with Crippen LogP contribution in [0.15, 0.2) is 23.1 Å². The maximum absolute atomic E-state index is 13.1. The van der Waals surface area contributed by atoms with Crippen LogP contribution in [-0.2, 0) is 19.6 Å². The van der Waals surface area contributed by atoms with Gasteiger partial charge in [-0.25, -0.2) is 17.5 Å². The molecule has 0 fully saturated rings. The molecule has 1 aromatic rings.